The fourth-order valence-corrected chi connectivity index (χ4v) is 3.40. The number of hydrogen-bond acceptors (Lipinski definition) is 5. The van der Waals surface area contributed by atoms with Crippen LogP contribution in [0.25, 0.3) is 0 Å². The van der Waals surface area contributed by atoms with E-state index in [1.54, 1.807) is 49.8 Å². The first-order valence-electron chi connectivity index (χ1n) is 9.57. The molecule has 8 nitrogen and oxygen atoms in total. The molecule has 0 aliphatic carbocycles. The lowest BCUT2D eigenvalue weighted by atomic mass is 9.96. The van der Waals surface area contributed by atoms with Crippen LogP contribution in [0.1, 0.15) is 23.2 Å². The molecule has 3 amide bonds. The smallest absolute Gasteiger partial charge is 0.319 e. The normalized spacial score (nSPS) is 14.2. The first kappa shape index (κ1) is 20.4. The second-order valence-corrected chi connectivity index (χ2v) is 6.85. The van der Waals surface area contributed by atoms with Crippen molar-refractivity contribution in [2.24, 2.45) is 5.92 Å². The van der Waals surface area contributed by atoms with Gasteiger partial charge in [-0.25, -0.2) is 4.79 Å². The van der Waals surface area contributed by atoms with Crippen molar-refractivity contribution >= 4 is 17.6 Å². The molecule has 0 unspecified atom stereocenters. The van der Waals surface area contributed by atoms with Crippen LogP contribution in [0.2, 0.25) is 0 Å². The van der Waals surface area contributed by atoms with Gasteiger partial charge in [-0.15, -0.1) is 0 Å². The number of aromatic nitrogens is 1. The quantitative estimate of drug-likeness (QED) is 0.781. The molecule has 1 aromatic heterocycles. The van der Waals surface area contributed by atoms with E-state index in [-0.39, 0.29) is 11.9 Å². The maximum atomic E-state index is 12.5. The molecule has 0 spiro atoms. The van der Waals surface area contributed by atoms with E-state index in [1.165, 1.54) is 7.11 Å². The minimum absolute atomic E-state index is 0.00683. The number of para-hydroxylation sites is 1. The molecule has 2 N–H and O–H groups in total. The predicted molar refractivity (Wildman–Crippen MR) is 109 cm³/mol. The number of urea groups is 1. The summed E-state index contributed by atoms with van der Waals surface area (Å²) in [4.78, 5) is 30.6. The minimum Gasteiger partial charge on any atom is -0.493 e. The molecule has 1 fully saturated rings. The number of likely N-dealkylation sites (tertiary alicyclic amines) is 1. The Hall–Kier alpha value is -3.29. The zero-order chi connectivity index (χ0) is 20.6. The highest BCUT2D eigenvalue weighted by Crippen LogP contribution is 2.34. The van der Waals surface area contributed by atoms with Gasteiger partial charge in [-0.3, -0.25) is 9.78 Å². The van der Waals surface area contributed by atoms with Crippen molar-refractivity contribution < 1.29 is 19.1 Å². The molecule has 2 heterocycles. The van der Waals surface area contributed by atoms with Crippen LogP contribution >= 0.6 is 0 Å². The highest BCUT2D eigenvalue weighted by atomic mass is 16.5. The van der Waals surface area contributed by atoms with Crippen LogP contribution in [0.5, 0.6) is 11.5 Å². The summed E-state index contributed by atoms with van der Waals surface area (Å²) in [6.45, 7) is 1.89. The molecule has 1 saturated heterocycles. The zero-order valence-electron chi connectivity index (χ0n) is 16.7. The molecular formula is C21H26N4O4. The van der Waals surface area contributed by atoms with Crippen molar-refractivity contribution in [3.63, 3.8) is 0 Å². The van der Waals surface area contributed by atoms with Gasteiger partial charge in [0.25, 0.3) is 5.91 Å². The maximum Gasteiger partial charge on any atom is 0.319 e. The first-order valence-corrected chi connectivity index (χ1v) is 9.57. The van der Waals surface area contributed by atoms with E-state index in [0.717, 1.165) is 12.8 Å². The van der Waals surface area contributed by atoms with Crippen molar-refractivity contribution in [1.82, 2.24) is 15.2 Å². The van der Waals surface area contributed by atoms with Gasteiger partial charge in [0.2, 0.25) is 0 Å². The Labute approximate surface area is 170 Å². The number of nitrogens with zero attached hydrogens (tertiary/aromatic N) is 2. The summed E-state index contributed by atoms with van der Waals surface area (Å²) < 4.78 is 10.6. The summed E-state index contributed by atoms with van der Waals surface area (Å²) in [5.74, 6) is 1.36. The lowest BCUT2D eigenvalue weighted by molar-refractivity contribution is 0.0690. The van der Waals surface area contributed by atoms with Crippen molar-refractivity contribution in [2.45, 2.75) is 12.8 Å². The number of rotatable bonds is 6. The minimum atomic E-state index is -0.301. The van der Waals surface area contributed by atoms with E-state index < -0.39 is 0 Å². The van der Waals surface area contributed by atoms with Gasteiger partial charge in [-0.05, 0) is 43.0 Å². The highest BCUT2D eigenvalue weighted by Gasteiger charge is 2.24. The van der Waals surface area contributed by atoms with Crippen molar-refractivity contribution in [3.05, 3.63) is 48.3 Å². The van der Waals surface area contributed by atoms with Gasteiger partial charge in [-0.2, -0.15) is 0 Å². The van der Waals surface area contributed by atoms with Crippen LogP contribution in [0.4, 0.5) is 10.5 Å². The maximum absolute atomic E-state index is 12.5. The fraction of sp³-hybridized carbons (Fsp3) is 0.381. The fourth-order valence-electron chi connectivity index (χ4n) is 3.40. The number of hydrogen-bond donors (Lipinski definition) is 2. The predicted octanol–water partition coefficient (Wildman–Crippen LogP) is 2.77. The standard InChI is InChI=1S/C21H26N4O4/c1-28-18-7-3-6-17(19(18)29-2)24-21(27)23-13-15-8-11-25(12-9-15)20(26)16-5-4-10-22-14-16/h3-7,10,14-15H,8-9,11-13H2,1-2H3,(H2,23,24,27). The van der Waals surface area contributed by atoms with Gasteiger partial charge >= 0.3 is 6.03 Å². The summed E-state index contributed by atoms with van der Waals surface area (Å²) in [6, 6.07) is 8.54. The number of anilines is 1. The molecule has 0 radical (unpaired) electrons. The van der Waals surface area contributed by atoms with Gasteiger partial charge in [0.05, 0.1) is 25.5 Å². The van der Waals surface area contributed by atoms with Crippen molar-refractivity contribution in [1.29, 1.82) is 0 Å². The highest BCUT2D eigenvalue weighted by molar-refractivity contribution is 5.94. The molecule has 1 aliphatic rings. The molecule has 3 rings (SSSR count). The second-order valence-electron chi connectivity index (χ2n) is 6.85. The Morgan fingerprint density at radius 2 is 1.93 bits per heavy atom. The number of carbonyl (C=O) groups is 2. The Kier molecular flexibility index (Phi) is 6.89. The number of piperidine rings is 1. The first-order chi connectivity index (χ1) is 14.1. The molecule has 8 heteroatoms. The van der Waals surface area contributed by atoms with E-state index in [2.05, 4.69) is 15.6 Å². The lowest BCUT2D eigenvalue weighted by Crippen LogP contribution is -2.42. The summed E-state index contributed by atoms with van der Waals surface area (Å²) in [6.07, 6.45) is 4.93. The van der Waals surface area contributed by atoms with E-state index >= 15 is 0 Å². The van der Waals surface area contributed by atoms with Gasteiger partial charge in [0.1, 0.15) is 0 Å². The molecule has 154 valence electrons. The third kappa shape index (κ3) is 5.16. The number of amides is 3. The third-order valence-corrected chi connectivity index (χ3v) is 5.01. The molecule has 0 bridgehead atoms. The summed E-state index contributed by atoms with van der Waals surface area (Å²) in [5.41, 5.74) is 1.15. The van der Waals surface area contributed by atoms with E-state index in [0.29, 0.717) is 48.3 Å². The van der Waals surface area contributed by atoms with E-state index in [4.69, 9.17) is 9.47 Å². The van der Waals surface area contributed by atoms with Crippen LogP contribution in [0.15, 0.2) is 42.7 Å². The van der Waals surface area contributed by atoms with Gasteiger partial charge < -0.3 is 25.0 Å². The summed E-state index contributed by atoms with van der Waals surface area (Å²) in [7, 11) is 3.08. The van der Waals surface area contributed by atoms with Gasteiger partial charge in [0.15, 0.2) is 11.5 Å². The summed E-state index contributed by atoms with van der Waals surface area (Å²) in [5, 5.41) is 5.70. The van der Waals surface area contributed by atoms with Crippen molar-refractivity contribution in [3.8, 4) is 11.5 Å². The molecule has 2 aromatic rings. The lowest BCUT2D eigenvalue weighted by Gasteiger charge is -2.32. The Bertz CT molecular complexity index is 836. The average Bonchev–Trinajstić information content (AvgIpc) is 2.78. The molecule has 1 aliphatic heterocycles. The molecule has 29 heavy (non-hydrogen) atoms. The second kappa shape index (κ2) is 9.77. The van der Waals surface area contributed by atoms with E-state index in [9.17, 15) is 9.59 Å². The zero-order valence-corrected chi connectivity index (χ0v) is 16.7. The molecule has 0 saturated carbocycles. The SMILES string of the molecule is COc1cccc(NC(=O)NCC2CCN(C(=O)c3cccnc3)CC2)c1OC. The van der Waals surface area contributed by atoms with Gasteiger partial charge in [0, 0.05) is 32.0 Å². The number of carbonyl (C=O) groups excluding carboxylic acids is 2. The van der Waals surface area contributed by atoms with Crippen molar-refractivity contribution in [2.75, 3.05) is 39.2 Å². The van der Waals surface area contributed by atoms with Gasteiger partial charge in [-0.1, -0.05) is 6.07 Å². The Balaban J connectivity index is 1.46. The largest absolute Gasteiger partial charge is 0.493 e. The average molecular weight is 398 g/mol. The number of benzene rings is 1. The van der Waals surface area contributed by atoms with Crippen LogP contribution in [-0.2, 0) is 0 Å². The summed E-state index contributed by atoms with van der Waals surface area (Å²) >= 11 is 0. The van der Waals surface area contributed by atoms with Crippen LogP contribution in [0, 0.1) is 5.92 Å². The number of pyridine rings is 1. The van der Waals surface area contributed by atoms with Crippen LogP contribution in [-0.4, -0.2) is 55.7 Å². The number of nitrogens with one attached hydrogen (secondary N) is 2. The van der Waals surface area contributed by atoms with E-state index in [1.807, 2.05) is 4.90 Å². The number of methoxy groups -OCH3 is 2. The van der Waals surface area contributed by atoms with Crippen LogP contribution < -0.4 is 20.1 Å². The molecule has 1 aromatic carbocycles. The van der Waals surface area contributed by atoms with Crippen LogP contribution in [0.3, 0.4) is 0 Å². The Morgan fingerprint density at radius 1 is 1.14 bits per heavy atom. The molecular weight excluding hydrogens is 372 g/mol. The Morgan fingerprint density at radius 3 is 2.59 bits per heavy atom. The molecule has 0 atom stereocenters. The monoisotopic (exact) mass is 398 g/mol. The third-order valence-electron chi connectivity index (χ3n) is 5.01. The number of ether oxygens (including phenoxy) is 2. The topological polar surface area (TPSA) is 92.8 Å².